The summed E-state index contributed by atoms with van der Waals surface area (Å²) in [5.74, 6) is 1.27. The molecule has 1 aliphatic carbocycles. The summed E-state index contributed by atoms with van der Waals surface area (Å²) in [7, 11) is 1.63. The average Bonchev–Trinajstić information content (AvgIpc) is 3.66. The molecule has 0 radical (unpaired) electrons. The van der Waals surface area contributed by atoms with E-state index in [1.54, 1.807) is 25.2 Å². The molecule has 33 heavy (non-hydrogen) atoms. The number of carbonyl (C=O) groups is 1. The molecule has 1 amide bonds. The molecule has 0 atom stereocenters. The number of nitrogens with zero attached hydrogens (tertiary/aromatic N) is 2. The molecule has 0 bridgehead atoms. The molecular formula is C27H23N3O3. The lowest BCUT2D eigenvalue weighted by Crippen LogP contribution is -2.25. The minimum Gasteiger partial charge on any atom is -0.457 e. The van der Waals surface area contributed by atoms with E-state index in [4.69, 9.17) is 4.74 Å². The van der Waals surface area contributed by atoms with Gasteiger partial charge in [0, 0.05) is 35.8 Å². The zero-order valence-corrected chi connectivity index (χ0v) is 18.2. The smallest absolute Gasteiger partial charge is 0.267 e. The standard InChI is InChI=1S/C27H23N3O3/c1-30-25(31)17-23(18-11-13-19(14-12-18)27(32)28-20-15-16-20)26(29-30)22-9-5-6-10-24(22)33-21-7-3-2-4-8-21/h2-14,17,20H,15-16H2,1H3,(H,28,32). The van der Waals surface area contributed by atoms with Gasteiger partial charge in [-0.15, -0.1) is 0 Å². The van der Waals surface area contributed by atoms with E-state index in [1.807, 2.05) is 66.7 Å². The molecule has 4 aromatic rings. The number of aryl methyl sites for hydroxylation is 1. The van der Waals surface area contributed by atoms with Crippen molar-refractivity contribution >= 4 is 5.91 Å². The maximum Gasteiger partial charge on any atom is 0.267 e. The Balaban J connectivity index is 1.55. The predicted octanol–water partition coefficient (Wildman–Crippen LogP) is 4.80. The number of amides is 1. The first-order chi connectivity index (χ1) is 16.1. The third-order valence-corrected chi connectivity index (χ3v) is 5.58. The molecule has 6 heteroatoms. The van der Waals surface area contributed by atoms with E-state index in [-0.39, 0.29) is 11.5 Å². The van der Waals surface area contributed by atoms with Crippen LogP contribution in [0.15, 0.2) is 89.7 Å². The topological polar surface area (TPSA) is 73.2 Å². The maximum absolute atomic E-state index is 12.5. The molecule has 3 aromatic carbocycles. The van der Waals surface area contributed by atoms with Crippen molar-refractivity contribution in [1.29, 1.82) is 0 Å². The Labute approximate surface area is 191 Å². The maximum atomic E-state index is 12.5. The number of nitrogens with one attached hydrogen (secondary N) is 1. The molecule has 1 heterocycles. The van der Waals surface area contributed by atoms with Gasteiger partial charge in [0.25, 0.3) is 11.5 Å². The van der Waals surface area contributed by atoms with E-state index in [2.05, 4.69) is 10.4 Å². The third kappa shape index (κ3) is 4.55. The Morgan fingerprint density at radius 3 is 2.36 bits per heavy atom. The number of ether oxygens (including phenoxy) is 1. The van der Waals surface area contributed by atoms with Crippen LogP contribution in [-0.2, 0) is 7.05 Å². The molecule has 1 N–H and O–H groups in total. The number of aromatic nitrogens is 2. The highest BCUT2D eigenvalue weighted by Gasteiger charge is 2.24. The fourth-order valence-corrected chi connectivity index (χ4v) is 3.62. The third-order valence-electron chi connectivity index (χ3n) is 5.58. The van der Waals surface area contributed by atoms with E-state index in [0.29, 0.717) is 34.4 Å². The lowest BCUT2D eigenvalue weighted by Gasteiger charge is -2.15. The van der Waals surface area contributed by atoms with E-state index in [0.717, 1.165) is 24.0 Å². The Kier molecular flexibility index (Phi) is 5.48. The van der Waals surface area contributed by atoms with Crippen LogP contribution in [0.3, 0.4) is 0 Å². The monoisotopic (exact) mass is 437 g/mol. The number of hydrogen-bond donors (Lipinski definition) is 1. The largest absolute Gasteiger partial charge is 0.457 e. The number of hydrogen-bond acceptors (Lipinski definition) is 4. The summed E-state index contributed by atoms with van der Waals surface area (Å²) >= 11 is 0. The average molecular weight is 437 g/mol. The molecule has 0 unspecified atom stereocenters. The van der Waals surface area contributed by atoms with Gasteiger partial charge < -0.3 is 10.1 Å². The van der Waals surface area contributed by atoms with E-state index >= 15 is 0 Å². The van der Waals surface area contributed by atoms with Crippen molar-refractivity contribution in [2.45, 2.75) is 18.9 Å². The quantitative estimate of drug-likeness (QED) is 0.470. The van der Waals surface area contributed by atoms with Crippen molar-refractivity contribution in [3.05, 3.63) is 101 Å². The Morgan fingerprint density at radius 2 is 1.64 bits per heavy atom. The molecular weight excluding hydrogens is 414 g/mol. The van der Waals surface area contributed by atoms with Crippen LogP contribution in [0.5, 0.6) is 11.5 Å². The van der Waals surface area contributed by atoms with Crippen molar-refractivity contribution in [2.75, 3.05) is 0 Å². The first kappa shape index (κ1) is 20.7. The summed E-state index contributed by atoms with van der Waals surface area (Å²) in [5.41, 5.74) is 3.24. The summed E-state index contributed by atoms with van der Waals surface area (Å²) in [6.45, 7) is 0. The predicted molar refractivity (Wildman–Crippen MR) is 127 cm³/mol. The first-order valence-electron chi connectivity index (χ1n) is 10.9. The molecule has 0 saturated heterocycles. The Bertz CT molecular complexity index is 1360. The number of carbonyl (C=O) groups excluding carboxylic acids is 1. The molecule has 1 aliphatic rings. The molecule has 5 rings (SSSR count). The van der Waals surface area contributed by atoms with Crippen LogP contribution >= 0.6 is 0 Å². The van der Waals surface area contributed by atoms with Crippen LogP contribution in [-0.4, -0.2) is 21.7 Å². The van der Waals surface area contributed by atoms with Crippen LogP contribution in [0.25, 0.3) is 22.4 Å². The zero-order chi connectivity index (χ0) is 22.8. The molecule has 0 spiro atoms. The summed E-state index contributed by atoms with van der Waals surface area (Å²) in [6, 6.07) is 26.3. The van der Waals surface area contributed by atoms with Gasteiger partial charge in [-0.3, -0.25) is 9.59 Å². The lowest BCUT2D eigenvalue weighted by atomic mass is 9.98. The minimum atomic E-state index is -0.217. The Morgan fingerprint density at radius 1 is 0.939 bits per heavy atom. The van der Waals surface area contributed by atoms with Crippen molar-refractivity contribution in [3.63, 3.8) is 0 Å². The summed E-state index contributed by atoms with van der Waals surface area (Å²) in [4.78, 5) is 24.8. The fraction of sp³-hybridized carbons (Fsp3) is 0.148. The number of benzene rings is 3. The highest BCUT2D eigenvalue weighted by atomic mass is 16.5. The zero-order valence-electron chi connectivity index (χ0n) is 18.2. The molecule has 1 saturated carbocycles. The van der Waals surface area contributed by atoms with Crippen LogP contribution in [0.1, 0.15) is 23.2 Å². The van der Waals surface area contributed by atoms with Gasteiger partial charge in [0.2, 0.25) is 0 Å². The van der Waals surface area contributed by atoms with Gasteiger partial charge in [0.1, 0.15) is 17.2 Å². The molecule has 1 aromatic heterocycles. The molecule has 6 nitrogen and oxygen atoms in total. The van der Waals surface area contributed by atoms with Gasteiger partial charge in [0.15, 0.2) is 0 Å². The highest BCUT2D eigenvalue weighted by molar-refractivity contribution is 5.95. The van der Waals surface area contributed by atoms with Crippen molar-refractivity contribution in [1.82, 2.24) is 15.1 Å². The van der Waals surface area contributed by atoms with Gasteiger partial charge in [-0.25, -0.2) is 4.68 Å². The lowest BCUT2D eigenvalue weighted by molar-refractivity contribution is 0.0951. The van der Waals surface area contributed by atoms with Crippen molar-refractivity contribution < 1.29 is 9.53 Å². The second kappa shape index (κ2) is 8.74. The van der Waals surface area contributed by atoms with Crippen molar-refractivity contribution in [3.8, 4) is 33.9 Å². The minimum absolute atomic E-state index is 0.0759. The number of rotatable bonds is 6. The van der Waals surface area contributed by atoms with Gasteiger partial charge in [-0.2, -0.15) is 5.10 Å². The van der Waals surface area contributed by atoms with Crippen LogP contribution < -0.4 is 15.6 Å². The van der Waals surface area contributed by atoms with Crippen LogP contribution in [0.4, 0.5) is 0 Å². The highest BCUT2D eigenvalue weighted by Crippen LogP contribution is 2.37. The summed E-state index contributed by atoms with van der Waals surface area (Å²) in [6.07, 6.45) is 2.08. The SMILES string of the molecule is Cn1nc(-c2ccccc2Oc2ccccc2)c(-c2ccc(C(=O)NC3CC3)cc2)cc1=O. The van der Waals surface area contributed by atoms with E-state index in [9.17, 15) is 9.59 Å². The van der Waals surface area contributed by atoms with Gasteiger partial charge in [-0.1, -0.05) is 42.5 Å². The Hall–Kier alpha value is -4.19. The van der Waals surface area contributed by atoms with E-state index in [1.165, 1.54) is 4.68 Å². The van der Waals surface area contributed by atoms with Gasteiger partial charge in [0.05, 0.1) is 0 Å². The normalized spacial score (nSPS) is 12.9. The first-order valence-corrected chi connectivity index (χ1v) is 10.9. The van der Waals surface area contributed by atoms with Crippen molar-refractivity contribution in [2.24, 2.45) is 7.05 Å². The molecule has 1 fully saturated rings. The number of para-hydroxylation sites is 2. The molecule has 164 valence electrons. The van der Waals surface area contributed by atoms with Crippen LogP contribution in [0, 0.1) is 0 Å². The van der Waals surface area contributed by atoms with Gasteiger partial charge in [-0.05, 0) is 54.8 Å². The van der Waals surface area contributed by atoms with Crippen LogP contribution in [0.2, 0.25) is 0 Å². The van der Waals surface area contributed by atoms with E-state index < -0.39 is 0 Å². The fourth-order valence-electron chi connectivity index (χ4n) is 3.62. The second-order valence-electron chi connectivity index (χ2n) is 8.10. The van der Waals surface area contributed by atoms with Gasteiger partial charge >= 0.3 is 0 Å². The summed E-state index contributed by atoms with van der Waals surface area (Å²) < 4.78 is 7.45. The summed E-state index contributed by atoms with van der Waals surface area (Å²) in [5, 5.41) is 7.56. The second-order valence-corrected chi connectivity index (χ2v) is 8.10. The molecule has 0 aliphatic heterocycles.